The predicted octanol–water partition coefficient (Wildman–Crippen LogP) is 1.02. The summed E-state index contributed by atoms with van der Waals surface area (Å²) in [6.07, 6.45) is 1.72. The van der Waals surface area contributed by atoms with E-state index in [0.29, 0.717) is 11.4 Å². The van der Waals surface area contributed by atoms with Crippen LogP contribution in [0, 0.1) is 0 Å². The van der Waals surface area contributed by atoms with Gasteiger partial charge in [0.1, 0.15) is 0 Å². The van der Waals surface area contributed by atoms with Crippen LogP contribution >= 0.6 is 0 Å². The molecular formula is C15H27N3O2S. The fraction of sp³-hybridized carbons (Fsp3) is 0.600. The van der Waals surface area contributed by atoms with E-state index in [-0.39, 0.29) is 0 Å². The summed E-state index contributed by atoms with van der Waals surface area (Å²) in [6.45, 7) is 2.29. The Labute approximate surface area is 129 Å². The standard InChI is InChI=1S/C15H27N3O2S/c1-16-11-10-14-6-8-15(9-7-14)21(19,20)18(4)13-5-12-17(2)3/h6-9,16H,5,10-13H2,1-4H3. The molecule has 0 bridgehead atoms. The summed E-state index contributed by atoms with van der Waals surface area (Å²) >= 11 is 0. The highest BCUT2D eigenvalue weighted by molar-refractivity contribution is 7.89. The summed E-state index contributed by atoms with van der Waals surface area (Å²) in [5.41, 5.74) is 1.14. The molecular weight excluding hydrogens is 286 g/mol. The van der Waals surface area contributed by atoms with Crippen molar-refractivity contribution in [3.8, 4) is 0 Å². The quantitative estimate of drug-likeness (QED) is 0.739. The molecule has 0 saturated carbocycles. The third-order valence-corrected chi connectivity index (χ3v) is 5.24. The van der Waals surface area contributed by atoms with Gasteiger partial charge in [0.25, 0.3) is 0 Å². The topological polar surface area (TPSA) is 52.7 Å². The Morgan fingerprint density at radius 1 is 1.05 bits per heavy atom. The average molecular weight is 313 g/mol. The first-order valence-corrected chi connectivity index (χ1v) is 8.66. The van der Waals surface area contributed by atoms with Crippen molar-refractivity contribution < 1.29 is 8.42 Å². The number of hydrogen-bond donors (Lipinski definition) is 1. The van der Waals surface area contributed by atoms with E-state index in [1.165, 1.54) is 4.31 Å². The van der Waals surface area contributed by atoms with Gasteiger partial charge in [-0.05, 0) is 64.8 Å². The summed E-state index contributed by atoms with van der Waals surface area (Å²) in [6, 6.07) is 7.17. The molecule has 0 radical (unpaired) electrons. The van der Waals surface area contributed by atoms with Crippen LogP contribution in [0.15, 0.2) is 29.2 Å². The molecule has 0 aliphatic rings. The molecule has 5 nitrogen and oxygen atoms in total. The van der Waals surface area contributed by atoms with E-state index in [2.05, 4.69) is 10.2 Å². The minimum Gasteiger partial charge on any atom is -0.319 e. The maximum Gasteiger partial charge on any atom is 0.242 e. The number of nitrogens with one attached hydrogen (secondary N) is 1. The largest absolute Gasteiger partial charge is 0.319 e. The van der Waals surface area contributed by atoms with E-state index in [9.17, 15) is 8.42 Å². The fourth-order valence-electron chi connectivity index (χ4n) is 2.01. The molecule has 1 aromatic rings. The van der Waals surface area contributed by atoms with Crippen LogP contribution in [0.3, 0.4) is 0 Å². The smallest absolute Gasteiger partial charge is 0.242 e. The van der Waals surface area contributed by atoms with Crippen molar-refractivity contribution in [2.24, 2.45) is 0 Å². The first-order chi connectivity index (χ1) is 9.87. The van der Waals surface area contributed by atoms with Crippen LogP contribution in [-0.4, -0.2) is 65.4 Å². The van der Waals surface area contributed by atoms with Gasteiger partial charge >= 0.3 is 0 Å². The van der Waals surface area contributed by atoms with E-state index >= 15 is 0 Å². The second-order valence-electron chi connectivity index (χ2n) is 5.48. The van der Waals surface area contributed by atoms with Crippen molar-refractivity contribution in [3.63, 3.8) is 0 Å². The van der Waals surface area contributed by atoms with Crippen LogP contribution in [0.2, 0.25) is 0 Å². The molecule has 21 heavy (non-hydrogen) atoms. The van der Waals surface area contributed by atoms with Gasteiger partial charge in [-0.3, -0.25) is 0 Å². The van der Waals surface area contributed by atoms with Crippen LogP contribution < -0.4 is 5.32 Å². The number of hydrogen-bond acceptors (Lipinski definition) is 4. The number of rotatable bonds is 9. The highest BCUT2D eigenvalue weighted by atomic mass is 32.2. The zero-order valence-corrected chi connectivity index (χ0v) is 14.3. The Hall–Kier alpha value is -0.950. The minimum atomic E-state index is -3.38. The Morgan fingerprint density at radius 2 is 1.67 bits per heavy atom. The van der Waals surface area contributed by atoms with Gasteiger partial charge in [-0.15, -0.1) is 0 Å². The minimum absolute atomic E-state index is 0.364. The van der Waals surface area contributed by atoms with E-state index in [0.717, 1.165) is 31.5 Å². The molecule has 1 N–H and O–H groups in total. The van der Waals surface area contributed by atoms with Gasteiger partial charge in [0.05, 0.1) is 4.90 Å². The second kappa shape index (κ2) is 8.48. The number of nitrogens with zero attached hydrogens (tertiary/aromatic N) is 2. The van der Waals surface area contributed by atoms with Gasteiger partial charge in [-0.2, -0.15) is 0 Å². The average Bonchev–Trinajstić information content (AvgIpc) is 2.45. The van der Waals surface area contributed by atoms with Crippen molar-refractivity contribution in [2.75, 3.05) is 47.8 Å². The summed E-state index contributed by atoms with van der Waals surface area (Å²) in [5.74, 6) is 0. The molecule has 0 atom stereocenters. The molecule has 0 aromatic heterocycles. The Balaban J connectivity index is 2.68. The first kappa shape index (κ1) is 18.1. The van der Waals surface area contributed by atoms with Gasteiger partial charge in [0.15, 0.2) is 0 Å². The number of sulfonamides is 1. The molecule has 0 heterocycles. The molecule has 1 aromatic carbocycles. The Morgan fingerprint density at radius 3 is 2.19 bits per heavy atom. The number of benzene rings is 1. The van der Waals surface area contributed by atoms with Crippen molar-refractivity contribution in [2.45, 2.75) is 17.7 Å². The normalized spacial score (nSPS) is 12.3. The molecule has 6 heteroatoms. The van der Waals surface area contributed by atoms with E-state index < -0.39 is 10.0 Å². The SMILES string of the molecule is CNCCc1ccc(S(=O)(=O)N(C)CCCN(C)C)cc1. The lowest BCUT2D eigenvalue weighted by Gasteiger charge is -2.18. The van der Waals surface area contributed by atoms with Crippen LogP contribution in [0.4, 0.5) is 0 Å². The second-order valence-corrected chi connectivity index (χ2v) is 7.53. The molecule has 0 aliphatic heterocycles. The lowest BCUT2D eigenvalue weighted by atomic mass is 10.1. The predicted molar refractivity (Wildman–Crippen MR) is 87.1 cm³/mol. The van der Waals surface area contributed by atoms with Gasteiger partial charge < -0.3 is 10.2 Å². The molecule has 0 unspecified atom stereocenters. The summed E-state index contributed by atoms with van der Waals surface area (Å²) in [7, 11) is 4.14. The molecule has 0 amide bonds. The lowest BCUT2D eigenvalue weighted by Crippen LogP contribution is -2.29. The first-order valence-electron chi connectivity index (χ1n) is 7.22. The van der Waals surface area contributed by atoms with Crippen LogP contribution in [-0.2, 0) is 16.4 Å². The van der Waals surface area contributed by atoms with E-state index in [1.54, 1.807) is 19.2 Å². The molecule has 120 valence electrons. The monoisotopic (exact) mass is 313 g/mol. The van der Waals surface area contributed by atoms with Gasteiger partial charge in [0.2, 0.25) is 10.0 Å². The van der Waals surface area contributed by atoms with Crippen molar-refractivity contribution in [1.29, 1.82) is 0 Å². The van der Waals surface area contributed by atoms with Crippen LogP contribution in [0.5, 0.6) is 0 Å². The van der Waals surface area contributed by atoms with Crippen molar-refractivity contribution >= 4 is 10.0 Å². The third kappa shape index (κ3) is 5.74. The fourth-order valence-corrected chi connectivity index (χ4v) is 3.22. The van der Waals surface area contributed by atoms with Gasteiger partial charge in [-0.25, -0.2) is 12.7 Å². The summed E-state index contributed by atoms with van der Waals surface area (Å²) in [5, 5.41) is 3.08. The van der Waals surface area contributed by atoms with Crippen molar-refractivity contribution in [1.82, 2.24) is 14.5 Å². The molecule has 1 rings (SSSR count). The summed E-state index contributed by atoms with van der Waals surface area (Å²) in [4.78, 5) is 2.42. The van der Waals surface area contributed by atoms with Gasteiger partial charge in [0, 0.05) is 13.6 Å². The molecule has 0 spiro atoms. The zero-order valence-electron chi connectivity index (χ0n) is 13.5. The Kier molecular flexibility index (Phi) is 7.31. The highest BCUT2D eigenvalue weighted by Crippen LogP contribution is 2.15. The maximum atomic E-state index is 12.4. The zero-order chi connectivity index (χ0) is 15.9. The Bertz CT molecular complexity index is 512. The molecule has 0 aliphatic carbocycles. The molecule has 0 saturated heterocycles. The molecule has 0 fully saturated rings. The van der Waals surface area contributed by atoms with Gasteiger partial charge in [-0.1, -0.05) is 12.1 Å². The maximum absolute atomic E-state index is 12.4. The lowest BCUT2D eigenvalue weighted by molar-refractivity contribution is 0.370. The summed E-state index contributed by atoms with van der Waals surface area (Å²) < 4.78 is 26.3. The van der Waals surface area contributed by atoms with E-state index in [1.807, 2.05) is 33.3 Å². The highest BCUT2D eigenvalue weighted by Gasteiger charge is 2.20. The van der Waals surface area contributed by atoms with E-state index in [4.69, 9.17) is 0 Å². The van der Waals surface area contributed by atoms with Crippen molar-refractivity contribution in [3.05, 3.63) is 29.8 Å². The third-order valence-electron chi connectivity index (χ3n) is 3.37. The van der Waals surface area contributed by atoms with Crippen LogP contribution in [0.1, 0.15) is 12.0 Å². The number of likely N-dealkylation sites (N-methyl/N-ethyl adjacent to an activating group) is 1. The van der Waals surface area contributed by atoms with Crippen LogP contribution in [0.25, 0.3) is 0 Å².